The second kappa shape index (κ2) is 7.65. The Bertz CT molecular complexity index is 582. The van der Waals surface area contributed by atoms with E-state index in [4.69, 9.17) is 5.73 Å². The molecule has 2 aromatic rings. The molecule has 0 bridgehead atoms. The van der Waals surface area contributed by atoms with Crippen molar-refractivity contribution in [2.45, 2.75) is 51.5 Å². The van der Waals surface area contributed by atoms with Gasteiger partial charge in [-0.2, -0.15) is 0 Å². The summed E-state index contributed by atoms with van der Waals surface area (Å²) in [7, 11) is 0. The van der Waals surface area contributed by atoms with E-state index in [0.29, 0.717) is 6.04 Å². The normalized spacial score (nSPS) is 22.5. The van der Waals surface area contributed by atoms with Crippen LogP contribution in [0, 0.1) is 5.92 Å². The Hall–Kier alpha value is -1.80. The molecule has 0 spiro atoms. The van der Waals surface area contributed by atoms with Crippen LogP contribution in [0.2, 0.25) is 0 Å². The van der Waals surface area contributed by atoms with Gasteiger partial charge in [0.15, 0.2) is 0 Å². The van der Waals surface area contributed by atoms with E-state index >= 15 is 0 Å². The van der Waals surface area contributed by atoms with Crippen LogP contribution >= 0.6 is 0 Å². The van der Waals surface area contributed by atoms with E-state index in [-0.39, 0.29) is 0 Å². The topological polar surface area (TPSA) is 38.0 Å². The molecule has 2 aliphatic rings. The molecule has 1 unspecified atom stereocenters. The summed E-state index contributed by atoms with van der Waals surface area (Å²) < 4.78 is 0. The molecule has 122 valence electrons. The van der Waals surface area contributed by atoms with Crippen LogP contribution in [0.5, 0.6) is 0 Å². The molecule has 2 heteroatoms. The van der Waals surface area contributed by atoms with E-state index in [2.05, 4.69) is 60.8 Å². The summed E-state index contributed by atoms with van der Waals surface area (Å²) in [5, 5.41) is 3.50. The summed E-state index contributed by atoms with van der Waals surface area (Å²) in [6.07, 6.45) is 7.50. The zero-order valence-corrected chi connectivity index (χ0v) is 14.1. The lowest BCUT2D eigenvalue weighted by Gasteiger charge is -2.22. The number of rotatable bonds is 0. The summed E-state index contributed by atoms with van der Waals surface area (Å²) in [5.74, 6) is 0.888. The van der Waals surface area contributed by atoms with Crippen molar-refractivity contribution in [3.63, 3.8) is 0 Å². The first kappa shape index (κ1) is 16.1. The summed E-state index contributed by atoms with van der Waals surface area (Å²) >= 11 is 0. The molecule has 3 N–H and O–H groups in total. The number of hydrogen-bond donors (Lipinski definition) is 2. The van der Waals surface area contributed by atoms with Gasteiger partial charge in [0, 0.05) is 17.4 Å². The van der Waals surface area contributed by atoms with E-state index in [9.17, 15) is 0 Å². The average molecular weight is 308 g/mol. The lowest BCUT2D eigenvalue weighted by molar-refractivity contribution is 0.344. The van der Waals surface area contributed by atoms with Gasteiger partial charge in [-0.1, -0.05) is 56.2 Å². The first-order valence-corrected chi connectivity index (χ1v) is 8.91. The van der Waals surface area contributed by atoms with Gasteiger partial charge in [0.2, 0.25) is 0 Å². The van der Waals surface area contributed by atoms with E-state index in [1.807, 2.05) is 0 Å². The molecule has 1 aliphatic heterocycles. The van der Waals surface area contributed by atoms with Crippen LogP contribution in [-0.4, -0.2) is 6.04 Å². The minimum atomic E-state index is 0.513. The highest BCUT2D eigenvalue weighted by Crippen LogP contribution is 2.29. The Kier molecular flexibility index (Phi) is 5.35. The van der Waals surface area contributed by atoms with Crippen LogP contribution < -0.4 is 11.1 Å². The SMILES string of the molecule is CC1CCC[C@H](N)C1.c1ccc2c(c1)CCc1ccccc1N2. The van der Waals surface area contributed by atoms with Crippen LogP contribution in [-0.2, 0) is 12.8 Å². The minimum Gasteiger partial charge on any atom is -0.355 e. The molecule has 0 amide bonds. The lowest BCUT2D eigenvalue weighted by atomic mass is 9.88. The molecule has 0 radical (unpaired) electrons. The summed E-state index contributed by atoms with van der Waals surface area (Å²) in [6.45, 7) is 2.29. The van der Waals surface area contributed by atoms with Crippen molar-refractivity contribution in [3.05, 3.63) is 59.7 Å². The summed E-state index contributed by atoms with van der Waals surface area (Å²) in [4.78, 5) is 0. The van der Waals surface area contributed by atoms with Gasteiger partial charge < -0.3 is 11.1 Å². The van der Waals surface area contributed by atoms with Crippen molar-refractivity contribution in [1.82, 2.24) is 0 Å². The van der Waals surface area contributed by atoms with Crippen molar-refractivity contribution < 1.29 is 0 Å². The second-order valence-corrected chi connectivity index (χ2v) is 6.97. The van der Waals surface area contributed by atoms with Crippen molar-refractivity contribution in [2.75, 3.05) is 5.32 Å². The highest BCUT2D eigenvalue weighted by atomic mass is 14.9. The summed E-state index contributed by atoms with van der Waals surface area (Å²) in [6, 6.07) is 17.6. The van der Waals surface area contributed by atoms with Crippen LogP contribution in [0.4, 0.5) is 11.4 Å². The van der Waals surface area contributed by atoms with Gasteiger partial charge in [-0.15, -0.1) is 0 Å². The number of para-hydroxylation sites is 2. The second-order valence-electron chi connectivity index (χ2n) is 6.97. The van der Waals surface area contributed by atoms with Gasteiger partial charge >= 0.3 is 0 Å². The smallest absolute Gasteiger partial charge is 0.0416 e. The molecule has 0 saturated heterocycles. The average Bonchev–Trinajstić information content (AvgIpc) is 2.74. The summed E-state index contributed by atoms with van der Waals surface area (Å²) in [5.41, 5.74) is 11.1. The Labute approximate surface area is 140 Å². The van der Waals surface area contributed by atoms with E-state index in [1.54, 1.807) is 0 Å². The first-order valence-electron chi connectivity index (χ1n) is 8.91. The molecule has 1 saturated carbocycles. The number of hydrogen-bond acceptors (Lipinski definition) is 2. The number of benzene rings is 2. The number of nitrogens with two attached hydrogens (primary N) is 1. The molecule has 1 heterocycles. The van der Waals surface area contributed by atoms with Gasteiger partial charge in [-0.25, -0.2) is 0 Å². The molecule has 4 rings (SSSR count). The molecule has 2 aromatic carbocycles. The van der Waals surface area contributed by atoms with Gasteiger partial charge in [-0.05, 0) is 54.9 Å². The number of fused-ring (bicyclic) bond motifs is 2. The quantitative estimate of drug-likeness (QED) is 0.714. The Morgan fingerprint density at radius 3 is 1.91 bits per heavy atom. The fourth-order valence-electron chi connectivity index (χ4n) is 3.62. The Morgan fingerprint density at radius 1 is 0.870 bits per heavy atom. The molecule has 1 aliphatic carbocycles. The third-order valence-corrected chi connectivity index (χ3v) is 4.94. The zero-order valence-electron chi connectivity index (χ0n) is 14.1. The largest absolute Gasteiger partial charge is 0.355 e. The molecule has 1 fully saturated rings. The number of anilines is 2. The van der Waals surface area contributed by atoms with Gasteiger partial charge in [0.05, 0.1) is 0 Å². The third-order valence-electron chi connectivity index (χ3n) is 4.94. The predicted molar refractivity (Wildman–Crippen MR) is 99.2 cm³/mol. The van der Waals surface area contributed by atoms with Crippen LogP contribution in [0.25, 0.3) is 0 Å². The van der Waals surface area contributed by atoms with Gasteiger partial charge in [0.25, 0.3) is 0 Å². The Morgan fingerprint density at radius 2 is 1.43 bits per heavy atom. The van der Waals surface area contributed by atoms with Crippen LogP contribution in [0.15, 0.2) is 48.5 Å². The maximum absolute atomic E-state index is 5.73. The third kappa shape index (κ3) is 4.35. The van der Waals surface area contributed by atoms with Crippen LogP contribution in [0.3, 0.4) is 0 Å². The fraction of sp³-hybridized carbons (Fsp3) is 0.429. The molecule has 2 nitrogen and oxygen atoms in total. The number of nitrogens with one attached hydrogen (secondary N) is 1. The van der Waals surface area contributed by atoms with Crippen molar-refractivity contribution in [3.8, 4) is 0 Å². The van der Waals surface area contributed by atoms with E-state index in [0.717, 1.165) is 18.8 Å². The maximum Gasteiger partial charge on any atom is 0.0416 e. The van der Waals surface area contributed by atoms with Crippen molar-refractivity contribution in [1.29, 1.82) is 0 Å². The standard InChI is InChI=1S/C14H13N.C7H15N/c1-3-7-13-11(5-1)9-10-12-6-2-4-8-14(12)15-13;1-6-3-2-4-7(8)5-6/h1-8,15H,9-10H2;6-7H,2-5,8H2,1H3/t;6?,7-/m.0/s1. The molecule has 0 aromatic heterocycles. The molecule has 2 atom stereocenters. The lowest BCUT2D eigenvalue weighted by Crippen LogP contribution is -2.26. The first-order chi connectivity index (χ1) is 11.2. The van der Waals surface area contributed by atoms with Crippen molar-refractivity contribution >= 4 is 11.4 Å². The minimum absolute atomic E-state index is 0.513. The number of aryl methyl sites for hydroxylation is 2. The maximum atomic E-state index is 5.73. The highest BCUT2D eigenvalue weighted by Gasteiger charge is 2.14. The highest BCUT2D eigenvalue weighted by molar-refractivity contribution is 5.67. The predicted octanol–water partition coefficient (Wildman–Crippen LogP) is 5.05. The molecule has 23 heavy (non-hydrogen) atoms. The monoisotopic (exact) mass is 308 g/mol. The van der Waals surface area contributed by atoms with Gasteiger partial charge in [-0.3, -0.25) is 0 Å². The van der Waals surface area contributed by atoms with Gasteiger partial charge in [0.1, 0.15) is 0 Å². The Balaban J connectivity index is 0.000000166. The van der Waals surface area contributed by atoms with E-state index in [1.165, 1.54) is 48.2 Å². The zero-order chi connectivity index (χ0) is 16.1. The fourth-order valence-corrected chi connectivity index (χ4v) is 3.62. The molecular weight excluding hydrogens is 280 g/mol. The van der Waals surface area contributed by atoms with Crippen molar-refractivity contribution in [2.24, 2.45) is 11.7 Å². The van der Waals surface area contributed by atoms with E-state index < -0.39 is 0 Å². The molecular formula is C21H28N2. The van der Waals surface area contributed by atoms with Crippen LogP contribution in [0.1, 0.15) is 43.7 Å².